The van der Waals surface area contributed by atoms with Crippen LogP contribution in [-0.4, -0.2) is 5.91 Å². The molecule has 2 aromatic carbocycles. The van der Waals surface area contributed by atoms with Gasteiger partial charge in [-0.2, -0.15) is 0 Å². The van der Waals surface area contributed by atoms with Gasteiger partial charge in [-0.15, -0.1) is 0 Å². The summed E-state index contributed by atoms with van der Waals surface area (Å²) in [6.45, 7) is 3.55. The molecule has 110 valence electrons. The van der Waals surface area contributed by atoms with Crippen LogP contribution in [0, 0.1) is 19.7 Å². The lowest BCUT2D eigenvalue weighted by Crippen LogP contribution is -2.11. The zero-order chi connectivity index (χ0) is 15.7. The second-order valence-electron chi connectivity index (χ2n) is 4.71. The molecule has 21 heavy (non-hydrogen) atoms. The predicted molar refractivity (Wildman–Crippen MR) is 80.3 cm³/mol. The highest BCUT2D eigenvalue weighted by Gasteiger charge is 2.13. The summed E-state index contributed by atoms with van der Waals surface area (Å²) < 4.78 is 19.0. The van der Waals surface area contributed by atoms with Gasteiger partial charge in [-0.05, 0) is 37.1 Å². The van der Waals surface area contributed by atoms with E-state index >= 15 is 0 Å². The van der Waals surface area contributed by atoms with E-state index in [0.717, 1.165) is 6.07 Å². The number of primary amides is 1. The van der Waals surface area contributed by atoms with Gasteiger partial charge < -0.3 is 16.2 Å². The highest BCUT2D eigenvalue weighted by Crippen LogP contribution is 2.35. The van der Waals surface area contributed by atoms with E-state index in [1.807, 2.05) is 0 Å². The fourth-order valence-corrected chi connectivity index (χ4v) is 2.15. The number of ether oxygens (including phenoxy) is 1. The molecule has 4 nitrogen and oxygen atoms in total. The number of nitrogen functional groups attached to an aromatic ring is 1. The molecule has 0 fully saturated rings. The molecular formula is C15H14ClFN2O2. The van der Waals surface area contributed by atoms with Crippen molar-refractivity contribution in [3.05, 3.63) is 51.8 Å². The van der Waals surface area contributed by atoms with Gasteiger partial charge >= 0.3 is 0 Å². The summed E-state index contributed by atoms with van der Waals surface area (Å²) in [6.07, 6.45) is 0. The third-order valence-corrected chi connectivity index (χ3v) is 3.30. The SMILES string of the molecule is Cc1cc(C(N)=O)cc(C)c1Oc1cc(Cl)c(F)cc1N. The lowest BCUT2D eigenvalue weighted by molar-refractivity contribution is 0.1000. The Bertz CT molecular complexity index is 709. The molecule has 0 unspecified atom stereocenters. The summed E-state index contributed by atoms with van der Waals surface area (Å²) in [5, 5.41) is -0.0803. The second kappa shape index (κ2) is 5.61. The number of benzene rings is 2. The number of amides is 1. The summed E-state index contributed by atoms with van der Waals surface area (Å²) in [6, 6.07) is 5.64. The fraction of sp³-hybridized carbons (Fsp3) is 0.133. The highest BCUT2D eigenvalue weighted by atomic mass is 35.5. The Balaban J connectivity index is 2.45. The summed E-state index contributed by atoms with van der Waals surface area (Å²) >= 11 is 5.73. The van der Waals surface area contributed by atoms with E-state index in [1.54, 1.807) is 26.0 Å². The monoisotopic (exact) mass is 308 g/mol. The molecule has 0 spiro atoms. The molecule has 0 aliphatic rings. The summed E-state index contributed by atoms with van der Waals surface area (Å²) in [7, 11) is 0. The van der Waals surface area contributed by atoms with Crippen molar-refractivity contribution in [1.29, 1.82) is 0 Å². The van der Waals surface area contributed by atoms with Crippen molar-refractivity contribution in [2.75, 3.05) is 5.73 Å². The maximum Gasteiger partial charge on any atom is 0.248 e. The number of hydrogen-bond acceptors (Lipinski definition) is 3. The van der Waals surface area contributed by atoms with Gasteiger partial charge in [-0.3, -0.25) is 4.79 Å². The van der Waals surface area contributed by atoms with E-state index in [9.17, 15) is 9.18 Å². The number of carbonyl (C=O) groups is 1. The maximum atomic E-state index is 13.3. The topological polar surface area (TPSA) is 78.3 Å². The Morgan fingerprint density at radius 1 is 1.19 bits per heavy atom. The van der Waals surface area contributed by atoms with Crippen LogP contribution < -0.4 is 16.2 Å². The number of aryl methyl sites for hydroxylation is 2. The number of hydrogen-bond donors (Lipinski definition) is 2. The first-order valence-electron chi connectivity index (χ1n) is 6.13. The molecule has 0 aliphatic carbocycles. The van der Waals surface area contributed by atoms with E-state index in [1.165, 1.54) is 6.07 Å². The first-order valence-corrected chi connectivity index (χ1v) is 6.51. The van der Waals surface area contributed by atoms with Gasteiger partial charge in [0.05, 0.1) is 10.7 Å². The van der Waals surface area contributed by atoms with Crippen molar-refractivity contribution in [2.45, 2.75) is 13.8 Å². The van der Waals surface area contributed by atoms with Crippen molar-refractivity contribution in [3.63, 3.8) is 0 Å². The average molecular weight is 309 g/mol. The van der Waals surface area contributed by atoms with Crippen LogP contribution >= 0.6 is 11.6 Å². The van der Waals surface area contributed by atoms with Crippen LogP contribution in [0.25, 0.3) is 0 Å². The first kappa shape index (κ1) is 15.1. The fourth-order valence-electron chi connectivity index (χ4n) is 2.00. The summed E-state index contributed by atoms with van der Waals surface area (Å²) in [5.74, 6) is -0.357. The van der Waals surface area contributed by atoms with E-state index in [4.69, 9.17) is 27.8 Å². The minimum absolute atomic E-state index is 0.0803. The molecule has 2 aromatic rings. The van der Waals surface area contributed by atoms with Crippen LogP contribution in [0.3, 0.4) is 0 Å². The normalized spacial score (nSPS) is 10.5. The molecule has 0 aromatic heterocycles. The number of anilines is 1. The van der Waals surface area contributed by atoms with Gasteiger partial charge in [-0.1, -0.05) is 11.6 Å². The molecule has 0 bridgehead atoms. The smallest absolute Gasteiger partial charge is 0.248 e. The number of rotatable bonds is 3. The largest absolute Gasteiger partial charge is 0.455 e. The van der Waals surface area contributed by atoms with Gasteiger partial charge in [0.1, 0.15) is 11.6 Å². The Kier molecular flexibility index (Phi) is 4.04. The van der Waals surface area contributed by atoms with E-state index in [0.29, 0.717) is 22.4 Å². The molecule has 0 heterocycles. The van der Waals surface area contributed by atoms with Crippen LogP contribution in [-0.2, 0) is 0 Å². The highest BCUT2D eigenvalue weighted by molar-refractivity contribution is 6.31. The molecule has 4 N–H and O–H groups in total. The third-order valence-electron chi connectivity index (χ3n) is 3.01. The van der Waals surface area contributed by atoms with Crippen LogP contribution in [0.1, 0.15) is 21.5 Å². The molecule has 6 heteroatoms. The number of carbonyl (C=O) groups excluding carboxylic acids is 1. The first-order chi connectivity index (χ1) is 9.79. The molecule has 1 amide bonds. The molecule has 0 atom stereocenters. The maximum absolute atomic E-state index is 13.3. The Hall–Kier alpha value is -2.27. The van der Waals surface area contributed by atoms with Crippen molar-refractivity contribution in [3.8, 4) is 11.5 Å². The molecule has 0 radical (unpaired) electrons. The lowest BCUT2D eigenvalue weighted by atomic mass is 10.1. The third kappa shape index (κ3) is 3.08. The van der Waals surface area contributed by atoms with Gasteiger partial charge in [0, 0.05) is 17.7 Å². The molecule has 0 aliphatic heterocycles. The quantitative estimate of drug-likeness (QED) is 0.851. The minimum Gasteiger partial charge on any atom is -0.455 e. The zero-order valence-electron chi connectivity index (χ0n) is 11.5. The summed E-state index contributed by atoms with van der Waals surface area (Å²) in [5.41, 5.74) is 12.9. The van der Waals surface area contributed by atoms with Crippen molar-refractivity contribution in [2.24, 2.45) is 5.73 Å². The van der Waals surface area contributed by atoms with E-state index in [2.05, 4.69) is 0 Å². The minimum atomic E-state index is -0.612. The van der Waals surface area contributed by atoms with Crippen LogP contribution in [0.4, 0.5) is 10.1 Å². The molecular weight excluding hydrogens is 295 g/mol. The average Bonchev–Trinajstić information content (AvgIpc) is 2.39. The van der Waals surface area contributed by atoms with Crippen LogP contribution in [0.15, 0.2) is 24.3 Å². The van der Waals surface area contributed by atoms with E-state index < -0.39 is 11.7 Å². The van der Waals surface area contributed by atoms with Crippen molar-refractivity contribution >= 4 is 23.2 Å². The van der Waals surface area contributed by atoms with Gasteiger partial charge in [0.25, 0.3) is 0 Å². The van der Waals surface area contributed by atoms with Crippen LogP contribution in [0.2, 0.25) is 5.02 Å². The number of nitrogens with two attached hydrogens (primary N) is 2. The Morgan fingerprint density at radius 3 is 2.29 bits per heavy atom. The van der Waals surface area contributed by atoms with Gasteiger partial charge in [0.15, 0.2) is 5.75 Å². The summed E-state index contributed by atoms with van der Waals surface area (Å²) in [4.78, 5) is 11.2. The standard InChI is InChI=1S/C15H14ClFN2O2/c1-7-3-9(15(19)20)4-8(2)14(7)21-13-5-10(16)11(17)6-12(13)18/h3-6H,18H2,1-2H3,(H2,19,20). The predicted octanol–water partition coefficient (Wildman–Crippen LogP) is 3.57. The Morgan fingerprint density at radius 2 is 1.76 bits per heavy atom. The van der Waals surface area contributed by atoms with E-state index in [-0.39, 0.29) is 16.5 Å². The number of halogens is 2. The van der Waals surface area contributed by atoms with Gasteiger partial charge in [-0.25, -0.2) is 4.39 Å². The lowest BCUT2D eigenvalue weighted by Gasteiger charge is -2.15. The zero-order valence-corrected chi connectivity index (χ0v) is 12.3. The van der Waals surface area contributed by atoms with Crippen molar-refractivity contribution < 1.29 is 13.9 Å². The Labute approximate surface area is 126 Å². The molecule has 0 saturated heterocycles. The van der Waals surface area contributed by atoms with Gasteiger partial charge in [0.2, 0.25) is 5.91 Å². The van der Waals surface area contributed by atoms with Crippen molar-refractivity contribution in [1.82, 2.24) is 0 Å². The van der Waals surface area contributed by atoms with Crippen LogP contribution in [0.5, 0.6) is 11.5 Å². The molecule has 0 saturated carbocycles. The molecule has 2 rings (SSSR count). The second-order valence-corrected chi connectivity index (χ2v) is 5.12.